The van der Waals surface area contributed by atoms with Gasteiger partial charge in [0.1, 0.15) is 34.5 Å². The number of hydrogen-bond donors (Lipinski definition) is 3. The van der Waals surface area contributed by atoms with Crippen molar-refractivity contribution in [2.75, 3.05) is 84.1 Å². The minimum atomic E-state index is -0.932. The van der Waals surface area contributed by atoms with Crippen LogP contribution in [-0.4, -0.2) is 115 Å². The highest BCUT2D eigenvalue weighted by molar-refractivity contribution is 6.32. The number of benzene rings is 6. The fraction of sp³-hybridized carbons (Fsp3) is 0.440. The molecule has 3 N–H and O–H groups in total. The SMILES string of the molecule is CCCc1cc(C2CCOCC2)ccc1OCCCOc1cccc(C2OC(=O)NC2=O)c1.CCCc1cc(N2CCOCC2)ccc1OCCCOc1cccc(C2OC(=O)NC2=O)c1.O=C1NC(=O)C(c2cccc(OCCCOc3ccc(C4CCCCC4)cc3Cl)c2)O1. The van der Waals surface area contributed by atoms with Crippen molar-refractivity contribution in [1.29, 1.82) is 0 Å². The predicted octanol–water partition coefficient (Wildman–Crippen LogP) is 13.9. The van der Waals surface area contributed by atoms with Gasteiger partial charge in [-0.3, -0.25) is 30.3 Å². The summed E-state index contributed by atoms with van der Waals surface area (Å²) in [5, 5.41) is 7.04. The van der Waals surface area contributed by atoms with Gasteiger partial charge in [0, 0.05) is 67.9 Å². The van der Waals surface area contributed by atoms with Gasteiger partial charge in [0.2, 0.25) is 18.3 Å². The Hall–Kier alpha value is -9.05. The normalized spacial score (nSPS) is 18.6. The minimum absolute atomic E-state index is 0.442. The molecule has 6 aromatic carbocycles. The summed E-state index contributed by atoms with van der Waals surface area (Å²) in [7, 11) is 0. The van der Waals surface area contributed by atoms with Crippen LogP contribution in [0.5, 0.6) is 34.5 Å². The molecule has 12 rings (SSSR count). The minimum Gasteiger partial charge on any atom is -0.493 e. The highest BCUT2D eigenvalue weighted by Gasteiger charge is 2.36. The first-order valence-corrected chi connectivity index (χ1v) is 34.3. The molecule has 6 aromatic rings. The van der Waals surface area contributed by atoms with E-state index in [2.05, 4.69) is 77.2 Å². The molecule has 0 spiro atoms. The lowest BCUT2D eigenvalue weighted by Gasteiger charge is -2.29. The third-order valence-corrected chi connectivity index (χ3v) is 17.6. The molecule has 21 nitrogen and oxygen atoms in total. The van der Waals surface area contributed by atoms with E-state index in [1.807, 2.05) is 24.3 Å². The Balaban J connectivity index is 0.000000158. The van der Waals surface area contributed by atoms with Crippen LogP contribution in [0.25, 0.3) is 0 Å². The highest BCUT2D eigenvalue weighted by Crippen LogP contribution is 2.38. The average molecular weight is 1350 g/mol. The fourth-order valence-electron chi connectivity index (χ4n) is 12.3. The molecule has 0 bridgehead atoms. The van der Waals surface area contributed by atoms with Crippen LogP contribution in [-0.2, 0) is 50.9 Å². The number of nitrogens with one attached hydrogen (secondary N) is 3. The Morgan fingerprint density at radius 1 is 0.423 bits per heavy atom. The molecule has 1 saturated carbocycles. The second kappa shape index (κ2) is 36.3. The zero-order valence-corrected chi connectivity index (χ0v) is 55.9. The lowest BCUT2D eigenvalue weighted by molar-refractivity contribution is -0.124. The monoisotopic (exact) mass is 1350 g/mol. The number of amides is 6. The molecule has 6 amide bonds. The Morgan fingerprint density at radius 3 is 1.27 bits per heavy atom. The van der Waals surface area contributed by atoms with Gasteiger partial charge in [0.15, 0.2) is 0 Å². The molecule has 3 atom stereocenters. The first-order chi connectivity index (χ1) is 47.4. The maximum Gasteiger partial charge on any atom is 0.415 e. The molecule has 22 heteroatoms. The van der Waals surface area contributed by atoms with Gasteiger partial charge < -0.3 is 57.0 Å². The van der Waals surface area contributed by atoms with Crippen LogP contribution >= 0.6 is 11.6 Å². The molecule has 5 aliphatic heterocycles. The van der Waals surface area contributed by atoms with Gasteiger partial charge in [0.05, 0.1) is 57.9 Å². The van der Waals surface area contributed by atoms with E-state index in [9.17, 15) is 28.8 Å². The number of imide groups is 3. The number of nitrogens with zero attached hydrogens (tertiary/aromatic N) is 1. The summed E-state index contributed by atoms with van der Waals surface area (Å²) < 4.78 is 61.3. The number of anilines is 1. The van der Waals surface area contributed by atoms with Crippen LogP contribution in [0.2, 0.25) is 5.02 Å². The standard InChI is InChI=1S/C26H31NO6.C25H30N2O6.C24H26ClNO5/c1-2-5-20-16-19(18-10-14-30-15-11-18)8-9-23(20)32-13-4-12-31-22-7-3-6-21(17-22)24-25(28)27-26(29)33-24;1-2-5-18-16-20(27-10-14-30-15-11-27)8-9-22(18)32-13-4-12-31-21-7-3-6-19(17-21)23-24(28)26-25(29)33-23;25-20-15-17(16-6-2-1-3-7-16)10-11-21(20)30-13-5-12-29-19-9-4-8-18(14-19)22-23(27)26-24(28)31-22/h3,6-9,16-18,24H,2,4-5,10-15H2,1H3,(H,27,28,29);3,6-9,16-17,23H,2,4-5,10-15H2,1H3,(H,26,28,29);4,8-11,14-16,22H,1-3,5-7,12-13H2,(H,26,27,28). The van der Waals surface area contributed by atoms with Crippen molar-refractivity contribution in [2.45, 2.75) is 134 Å². The lowest BCUT2D eigenvalue weighted by atomic mass is 9.84. The number of halogens is 1. The van der Waals surface area contributed by atoms with E-state index in [1.165, 1.54) is 60.0 Å². The maximum atomic E-state index is 11.8. The van der Waals surface area contributed by atoms with Crippen LogP contribution in [0, 0.1) is 0 Å². The maximum absolute atomic E-state index is 11.8. The molecule has 6 fully saturated rings. The quantitative estimate of drug-likeness (QED) is 0.0305. The van der Waals surface area contributed by atoms with Gasteiger partial charge in [0.25, 0.3) is 17.7 Å². The summed E-state index contributed by atoms with van der Waals surface area (Å²) in [5.41, 5.74) is 8.14. The van der Waals surface area contributed by atoms with E-state index in [-0.39, 0.29) is 0 Å². The molecule has 5 heterocycles. The summed E-state index contributed by atoms with van der Waals surface area (Å²) in [5.74, 6) is 4.19. The predicted molar refractivity (Wildman–Crippen MR) is 362 cm³/mol. The summed E-state index contributed by atoms with van der Waals surface area (Å²) in [6.07, 6.45) is 9.78. The van der Waals surface area contributed by atoms with Crippen LogP contribution in [0.4, 0.5) is 20.1 Å². The Bertz CT molecular complexity index is 3470. The molecule has 97 heavy (non-hydrogen) atoms. The molecular formula is C75H87ClN4O17. The second-order valence-corrected chi connectivity index (χ2v) is 24.8. The van der Waals surface area contributed by atoms with E-state index < -0.39 is 54.3 Å². The van der Waals surface area contributed by atoms with Crippen molar-refractivity contribution in [2.24, 2.45) is 0 Å². The van der Waals surface area contributed by atoms with Gasteiger partial charge >= 0.3 is 18.3 Å². The molecule has 5 saturated heterocycles. The molecule has 6 aliphatic rings. The van der Waals surface area contributed by atoms with Gasteiger partial charge in [-0.05, 0) is 145 Å². The number of carbonyl (C=O) groups excluding carboxylic acids is 6. The zero-order valence-electron chi connectivity index (χ0n) is 55.2. The first kappa shape index (κ1) is 70.7. The van der Waals surface area contributed by atoms with Crippen LogP contribution in [0.15, 0.2) is 127 Å². The highest BCUT2D eigenvalue weighted by atomic mass is 35.5. The van der Waals surface area contributed by atoms with Gasteiger partial charge in [-0.25, -0.2) is 14.4 Å². The smallest absolute Gasteiger partial charge is 0.415 e. The number of cyclic esters (lactones) is 3. The summed E-state index contributed by atoms with van der Waals surface area (Å²) in [4.78, 5) is 71.4. The number of carbonyl (C=O) groups is 6. The number of aryl methyl sites for hydroxylation is 2. The number of hydrogen-bond acceptors (Lipinski definition) is 18. The Morgan fingerprint density at radius 2 is 0.825 bits per heavy atom. The molecule has 3 unspecified atom stereocenters. The van der Waals surface area contributed by atoms with E-state index in [0.29, 0.717) is 109 Å². The molecule has 1 aliphatic carbocycles. The third kappa shape index (κ3) is 20.7. The summed E-state index contributed by atoms with van der Waals surface area (Å²) >= 11 is 6.43. The number of morpholine rings is 1. The largest absolute Gasteiger partial charge is 0.493 e. The fourth-order valence-corrected chi connectivity index (χ4v) is 12.6. The van der Waals surface area contributed by atoms with E-state index in [1.54, 1.807) is 60.7 Å². The van der Waals surface area contributed by atoms with Crippen LogP contribution in [0.3, 0.4) is 0 Å². The van der Waals surface area contributed by atoms with E-state index in [4.69, 9.17) is 63.7 Å². The van der Waals surface area contributed by atoms with Crippen molar-refractivity contribution in [3.8, 4) is 34.5 Å². The summed E-state index contributed by atoms with van der Waals surface area (Å²) in [6.45, 7) is 12.4. The molecular weight excluding hydrogens is 1260 g/mol. The van der Waals surface area contributed by atoms with Crippen molar-refractivity contribution in [1.82, 2.24) is 16.0 Å². The van der Waals surface area contributed by atoms with Crippen LogP contribution in [0.1, 0.15) is 160 Å². The summed E-state index contributed by atoms with van der Waals surface area (Å²) in [6, 6.07) is 40.2. The number of alkyl carbamates (subject to hydrolysis) is 3. The Kier molecular flexibility index (Phi) is 26.5. The van der Waals surface area contributed by atoms with Crippen molar-refractivity contribution in [3.05, 3.63) is 171 Å². The van der Waals surface area contributed by atoms with E-state index >= 15 is 0 Å². The molecule has 0 radical (unpaired) electrons. The number of rotatable bonds is 28. The van der Waals surface area contributed by atoms with Gasteiger partial charge in [-0.1, -0.05) is 112 Å². The second-order valence-electron chi connectivity index (χ2n) is 24.4. The van der Waals surface area contributed by atoms with Crippen molar-refractivity contribution >= 4 is 53.3 Å². The van der Waals surface area contributed by atoms with Gasteiger partial charge in [-0.15, -0.1) is 0 Å². The molecule has 516 valence electrons. The zero-order chi connectivity index (χ0) is 67.7. The average Bonchev–Trinajstić information content (AvgIpc) is 1.95. The van der Waals surface area contributed by atoms with Crippen LogP contribution < -0.4 is 49.3 Å². The number of ether oxygens (including phenoxy) is 11. The van der Waals surface area contributed by atoms with E-state index in [0.717, 1.165) is 96.0 Å². The van der Waals surface area contributed by atoms with Gasteiger partial charge in [-0.2, -0.15) is 0 Å². The Labute approximate surface area is 571 Å². The van der Waals surface area contributed by atoms with Crippen molar-refractivity contribution in [3.63, 3.8) is 0 Å². The topological polar surface area (TPSA) is 243 Å². The lowest BCUT2D eigenvalue weighted by Crippen LogP contribution is -2.36. The van der Waals surface area contributed by atoms with Crippen molar-refractivity contribution < 1.29 is 80.9 Å². The molecule has 0 aromatic heterocycles. The third-order valence-electron chi connectivity index (χ3n) is 17.3. The first-order valence-electron chi connectivity index (χ1n) is 33.9.